The molecule has 0 bridgehead atoms. The predicted octanol–water partition coefficient (Wildman–Crippen LogP) is 2.53. The second-order valence-electron chi connectivity index (χ2n) is 7.51. The highest BCUT2D eigenvalue weighted by atomic mass is 32.1. The van der Waals surface area contributed by atoms with Gasteiger partial charge in [-0.2, -0.15) is 0 Å². The molecule has 3 amide bonds. The van der Waals surface area contributed by atoms with Crippen molar-refractivity contribution < 1.29 is 24.2 Å². The van der Waals surface area contributed by atoms with Gasteiger partial charge in [0.15, 0.2) is 5.13 Å². The Kier molecular flexibility index (Phi) is 8.97. The van der Waals surface area contributed by atoms with Crippen molar-refractivity contribution in [1.29, 1.82) is 0 Å². The zero-order valence-corrected chi connectivity index (χ0v) is 19.6. The van der Waals surface area contributed by atoms with Gasteiger partial charge in [-0.05, 0) is 33.8 Å². The second-order valence-corrected chi connectivity index (χ2v) is 8.36. The number of carbonyl (C=O) groups excluding carboxylic acids is 3. The summed E-state index contributed by atoms with van der Waals surface area (Å²) in [5.74, 6) is -1.11. The maximum absolute atomic E-state index is 12.6. The van der Waals surface area contributed by atoms with Crippen molar-refractivity contribution in [3.8, 4) is 11.5 Å². The van der Waals surface area contributed by atoms with E-state index in [-0.39, 0.29) is 39.5 Å². The summed E-state index contributed by atoms with van der Waals surface area (Å²) in [5.41, 5.74) is 0.346. The summed E-state index contributed by atoms with van der Waals surface area (Å²) in [5, 5.41) is 19.7. The molecule has 0 fully saturated rings. The Hall–Kier alpha value is -3.18. The number of amides is 3. The van der Waals surface area contributed by atoms with Crippen LogP contribution in [0.1, 0.15) is 48.5 Å². The SMILES string of the molecule is COc1cc(C(=O)Nc2nc(C(=O)NCCN(C(C)C)C(C)C)cs2)c(O)cc1NC=O. The molecule has 0 saturated heterocycles. The highest BCUT2D eigenvalue weighted by Gasteiger charge is 2.19. The molecule has 0 atom stereocenters. The smallest absolute Gasteiger partial charge is 0.270 e. The zero-order valence-electron chi connectivity index (χ0n) is 18.8. The van der Waals surface area contributed by atoms with Gasteiger partial charge in [-0.15, -0.1) is 11.3 Å². The van der Waals surface area contributed by atoms with E-state index in [0.29, 0.717) is 31.6 Å². The summed E-state index contributed by atoms with van der Waals surface area (Å²) in [6.45, 7) is 9.62. The van der Waals surface area contributed by atoms with Crippen molar-refractivity contribution in [2.45, 2.75) is 39.8 Å². The first kappa shape index (κ1) is 25.1. The summed E-state index contributed by atoms with van der Waals surface area (Å²) in [4.78, 5) is 42.0. The average Bonchev–Trinajstić information content (AvgIpc) is 3.19. The van der Waals surface area contributed by atoms with E-state index in [1.807, 2.05) is 0 Å². The van der Waals surface area contributed by atoms with Crippen molar-refractivity contribution in [2.75, 3.05) is 30.8 Å². The number of hydrogen-bond donors (Lipinski definition) is 4. The Morgan fingerprint density at radius 1 is 1.22 bits per heavy atom. The van der Waals surface area contributed by atoms with Crippen LogP contribution in [0.5, 0.6) is 11.5 Å². The molecule has 11 heteroatoms. The predicted molar refractivity (Wildman–Crippen MR) is 124 cm³/mol. The fourth-order valence-electron chi connectivity index (χ4n) is 3.20. The minimum atomic E-state index is -0.635. The van der Waals surface area contributed by atoms with Crippen LogP contribution in [0.2, 0.25) is 0 Å². The number of carbonyl (C=O) groups is 3. The number of nitrogens with zero attached hydrogens (tertiary/aromatic N) is 2. The van der Waals surface area contributed by atoms with E-state index in [1.54, 1.807) is 5.38 Å². The lowest BCUT2D eigenvalue weighted by molar-refractivity contribution is -0.105. The Bertz CT molecular complexity index is 952. The summed E-state index contributed by atoms with van der Waals surface area (Å²) < 4.78 is 5.13. The van der Waals surface area contributed by atoms with E-state index in [1.165, 1.54) is 19.2 Å². The number of aromatic hydroxyl groups is 1. The van der Waals surface area contributed by atoms with Gasteiger partial charge in [0.1, 0.15) is 17.2 Å². The molecule has 0 radical (unpaired) electrons. The normalized spacial score (nSPS) is 11.0. The van der Waals surface area contributed by atoms with Gasteiger partial charge in [0.05, 0.1) is 18.4 Å². The quantitative estimate of drug-likeness (QED) is 0.376. The molecule has 0 aliphatic heterocycles. The Labute approximate surface area is 191 Å². The molecule has 0 aliphatic carbocycles. The molecular weight excluding hydrogens is 434 g/mol. The highest BCUT2D eigenvalue weighted by molar-refractivity contribution is 7.14. The number of benzene rings is 1. The molecule has 32 heavy (non-hydrogen) atoms. The fourth-order valence-corrected chi connectivity index (χ4v) is 3.88. The van der Waals surface area contributed by atoms with Gasteiger partial charge >= 0.3 is 0 Å². The number of aromatic nitrogens is 1. The first-order chi connectivity index (χ1) is 15.2. The number of phenols is 1. The summed E-state index contributed by atoms with van der Waals surface area (Å²) in [6.07, 6.45) is 0.433. The number of ether oxygens (including phenoxy) is 1. The molecule has 1 aromatic heterocycles. The average molecular weight is 464 g/mol. The van der Waals surface area contributed by atoms with Crippen molar-refractivity contribution >= 4 is 40.4 Å². The van der Waals surface area contributed by atoms with E-state index >= 15 is 0 Å². The van der Waals surface area contributed by atoms with Crippen molar-refractivity contribution in [1.82, 2.24) is 15.2 Å². The van der Waals surface area contributed by atoms with Gasteiger partial charge in [0, 0.05) is 36.6 Å². The van der Waals surface area contributed by atoms with Gasteiger partial charge in [-0.3, -0.25) is 24.6 Å². The van der Waals surface area contributed by atoms with Gasteiger partial charge in [-0.1, -0.05) is 0 Å². The topological polar surface area (TPSA) is 133 Å². The number of hydrogen-bond acceptors (Lipinski definition) is 8. The number of thiazole rings is 1. The van der Waals surface area contributed by atoms with Crippen LogP contribution in [0, 0.1) is 0 Å². The largest absolute Gasteiger partial charge is 0.507 e. The van der Waals surface area contributed by atoms with E-state index in [0.717, 1.165) is 11.3 Å². The lowest BCUT2D eigenvalue weighted by Crippen LogP contribution is -2.42. The van der Waals surface area contributed by atoms with E-state index in [2.05, 4.69) is 53.5 Å². The Balaban J connectivity index is 2.01. The minimum absolute atomic E-state index is 0.0676. The van der Waals surface area contributed by atoms with Crippen LogP contribution in [0.4, 0.5) is 10.8 Å². The molecular formula is C21H29N5O5S. The Morgan fingerprint density at radius 3 is 2.50 bits per heavy atom. The third-order valence-electron chi connectivity index (χ3n) is 4.72. The third-order valence-corrected chi connectivity index (χ3v) is 5.47. The van der Waals surface area contributed by atoms with E-state index in [9.17, 15) is 19.5 Å². The standard InChI is InChI=1S/C21H29N5O5S/c1-12(2)26(13(3)4)7-6-22-20(30)16-10-32-21(24-16)25-19(29)14-8-18(31-5)15(23-11-27)9-17(14)28/h8-13,28H,6-7H2,1-5H3,(H,22,30)(H,23,27)(H,24,25,29). The molecule has 2 aromatic rings. The number of anilines is 2. The lowest BCUT2D eigenvalue weighted by Gasteiger charge is -2.30. The van der Waals surface area contributed by atoms with E-state index in [4.69, 9.17) is 4.74 Å². The third kappa shape index (κ3) is 6.41. The highest BCUT2D eigenvalue weighted by Crippen LogP contribution is 2.32. The maximum atomic E-state index is 12.6. The zero-order chi connectivity index (χ0) is 23.8. The maximum Gasteiger partial charge on any atom is 0.270 e. The van der Waals surface area contributed by atoms with Gasteiger partial charge < -0.3 is 20.5 Å². The Morgan fingerprint density at radius 2 is 1.91 bits per heavy atom. The van der Waals surface area contributed by atoms with Crippen LogP contribution < -0.4 is 20.7 Å². The molecule has 0 spiro atoms. The van der Waals surface area contributed by atoms with Crippen LogP contribution in [0.25, 0.3) is 0 Å². The molecule has 4 N–H and O–H groups in total. The minimum Gasteiger partial charge on any atom is -0.507 e. The van der Waals surface area contributed by atoms with E-state index < -0.39 is 5.91 Å². The monoisotopic (exact) mass is 463 g/mol. The van der Waals surface area contributed by atoms with Crippen molar-refractivity contribution in [3.05, 3.63) is 28.8 Å². The molecule has 0 unspecified atom stereocenters. The number of rotatable bonds is 11. The summed E-state index contributed by atoms with van der Waals surface area (Å²) in [6, 6.07) is 3.24. The van der Waals surface area contributed by atoms with Gasteiger partial charge in [-0.25, -0.2) is 4.98 Å². The number of methoxy groups -OCH3 is 1. The molecule has 2 rings (SSSR count). The fraction of sp³-hybridized carbons (Fsp3) is 0.429. The first-order valence-corrected chi connectivity index (χ1v) is 11.0. The van der Waals surface area contributed by atoms with Crippen LogP contribution in [-0.4, -0.2) is 65.5 Å². The van der Waals surface area contributed by atoms with Gasteiger partial charge in [0.2, 0.25) is 6.41 Å². The van der Waals surface area contributed by atoms with Crippen LogP contribution in [0.3, 0.4) is 0 Å². The summed E-state index contributed by atoms with van der Waals surface area (Å²) >= 11 is 1.09. The van der Waals surface area contributed by atoms with Gasteiger partial charge in [0.25, 0.3) is 11.8 Å². The lowest BCUT2D eigenvalue weighted by atomic mass is 10.1. The number of phenolic OH excluding ortho intramolecular Hbond substituents is 1. The molecule has 10 nitrogen and oxygen atoms in total. The van der Waals surface area contributed by atoms with Crippen molar-refractivity contribution in [2.24, 2.45) is 0 Å². The molecule has 1 heterocycles. The molecule has 174 valence electrons. The van der Waals surface area contributed by atoms with Crippen LogP contribution in [-0.2, 0) is 4.79 Å². The van der Waals surface area contributed by atoms with Crippen LogP contribution >= 0.6 is 11.3 Å². The number of nitrogens with one attached hydrogen (secondary N) is 3. The second kappa shape index (κ2) is 11.4. The summed E-state index contributed by atoms with van der Waals surface area (Å²) in [7, 11) is 1.37. The first-order valence-electron chi connectivity index (χ1n) is 10.1. The molecule has 0 saturated carbocycles. The van der Waals surface area contributed by atoms with Crippen LogP contribution in [0.15, 0.2) is 17.5 Å². The molecule has 0 aliphatic rings. The molecule has 1 aromatic carbocycles. The van der Waals surface area contributed by atoms with Crippen molar-refractivity contribution in [3.63, 3.8) is 0 Å².